The van der Waals surface area contributed by atoms with Crippen LogP contribution in [0.15, 0.2) is 0 Å². The molecule has 0 aromatic carbocycles. The van der Waals surface area contributed by atoms with Crippen LogP contribution in [0.3, 0.4) is 0 Å². The Morgan fingerprint density at radius 2 is 1.14 bits per heavy atom. The highest BCUT2D eigenvalue weighted by Crippen LogP contribution is 2.25. The largest absolute Gasteiger partial charge is 0.305 e. The molecule has 0 aromatic rings. The standard InChI is InChI=1S/C10H18O3S/c11-14(12-9-5-1-2-6-9)13-10-7-3-4-8-10/h9-10H,1-8H2. The van der Waals surface area contributed by atoms with E-state index in [2.05, 4.69) is 0 Å². The summed E-state index contributed by atoms with van der Waals surface area (Å²) in [5, 5.41) is 0. The van der Waals surface area contributed by atoms with Crippen LogP contribution in [0.5, 0.6) is 0 Å². The molecule has 0 N–H and O–H groups in total. The minimum Gasteiger partial charge on any atom is -0.265 e. The quantitative estimate of drug-likeness (QED) is 0.727. The van der Waals surface area contributed by atoms with E-state index in [1.807, 2.05) is 0 Å². The van der Waals surface area contributed by atoms with Crippen LogP contribution >= 0.6 is 0 Å². The first-order valence-corrected chi connectivity index (χ1v) is 6.60. The van der Waals surface area contributed by atoms with Gasteiger partial charge in [0.25, 0.3) is 0 Å². The molecule has 0 bridgehead atoms. The Hall–Kier alpha value is 0.0700. The summed E-state index contributed by atoms with van der Waals surface area (Å²) in [7, 11) is 0. The van der Waals surface area contributed by atoms with Gasteiger partial charge < -0.3 is 0 Å². The molecule has 2 aliphatic carbocycles. The van der Waals surface area contributed by atoms with E-state index in [1.54, 1.807) is 0 Å². The summed E-state index contributed by atoms with van der Waals surface area (Å²) in [5.41, 5.74) is 0. The van der Waals surface area contributed by atoms with Crippen LogP contribution in [0.1, 0.15) is 51.4 Å². The second kappa shape index (κ2) is 5.24. The number of rotatable bonds is 4. The molecule has 0 aliphatic heterocycles. The van der Waals surface area contributed by atoms with Crippen molar-refractivity contribution in [2.24, 2.45) is 0 Å². The van der Waals surface area contributed by atoms with Crippen LogP contribution in [0.2, 0.25) is 0 Å². The fraction of sp³-hybridized carbons (Fsp3) is 1.00. The van der Waals surface area contributed by atoms with E-state index < -0.39 is 11.4 Å². The molecule has 4 heteroatoms. The zero-order valence-corrected chi connectivity index (χ0v) is 9.26. The molecule has 2 fully saturated rings. The maximum atomic E-state index is 11.4. The first-order chi connectivity index (χ1) is 6.84. The van der Waals surface area contributed by atoms with E-state index >= 15 is 0 Å². The van der Waals surface area contributed by atoms with Crippen molar-refractivity contribution in [2.45, 2.75) is 63.6 Å². The lowest BCUT2D eigenvalue weighted by molar-refractivity contribution is 0.152. The monoisotopic (exact) mass is 218 g/mol. The van der Waals surface area contributed by atoms with Gasteiger partial charge in [0.2, 0.25) is 0 Å². The van der Waals surface area contributed by atoms with Crippen LogP contribution in [-0.4, -0.2) is 16.4 Å². The Bertz CT molecular complexity index is 176. The fourth-order valence-electron chi connectivity index (χ4n) is 2.21. The minimum absolute atomic E-state index is 0.178. The maximum Gasteiger partial charge on any atom is 0.305 e. The Kier molecular flexibility index (Phi) is 3.96. The molecular formula is C10H18O3S. The molecule has 0 saturated heterocycles. The van der Waals surface area contributed by atoms with Gasteiger partial charge in [0.1, 0.15) is 0 Å². The molecule has 0 spiro atoms. The topological polar surface area (TPSA) is 35.5 Å². The van der Waals surface area contributed by atoms with Gasteiger partial charge in [-0.1, -0.05) is 25.7 Å². The van der Waals surface area contributed by atoms with Crippen LogP contribution in [-0.2, 0) is 19.7 Å². The summed E-state index contributed by atoms with van der Waals surface area (Å²) in [6, 6.07) is 0. The molecule has 3 nitrogen and oxygen atoms in total. The predicted molar refractivity (Wildman–Crippen MR) is 54.8 cm³/mol. The smallest absolute Gasteiger partial charge is 0.265 e. The van der Waals surface area contributed by atoms with Gasteiger partial charge in [-0.15, -0.1) is 0 Å². The van der Waals surface area contributed by atoms with Gasteiger partial charge in [0.15, 0.2) is 0 Å². The van der Waals surface area contributed by atoms with Gasteiger partial charge in [-0.2, -0.15) is 4.21 Å². The second-order valence-corrected chi connectivity index (χ2v) is 5.00. The zero-order chi connectivity index (χ0) is 9.80. The van der Waals surface area contributed by atoms with E-state index in [0.29, 0.717) is 0 Å². The third-order valence-electron chi connectivity index (χ3n) is 3.03. The van der Waals surface area contributed by atoms with Crippen molar-refractivity contribution >= 4 is 11.4 Å². The molecule has 0 radical (unpaired) electrons. The lowest BCUT2D eigenvalue weighted by atomic mass is 10.3. The Labute approximate surface area is 88.0 Å². The van der Waals surface area contributed by atoms with Crippen molar-refractivity contribution in [3.05, 3.63) is 0 Å². The Balaban J connectivity index is 1.66. The second-order valence-electron chi connectivity index (χ2n) is 4.21. The SMILES string of the molecule is O=S(OC1CCCC1)OC1CCCC1. The first-order valence-electron chi connectivity index (χ1n) is 5.60. The van der Waals surface area contributed by atoms with E-state index in [0.717, 1.165) is 25.7 Å². The van der Waals surface area contributed by atoms with Crippen LogP contribution in [0.4, 0.5) is 0 Å². The molecule has 0 heterocycles. The molecule has 0 amide bonds. The normalized spacial score (nSPS) is 25.2. The highest BCUT2D eigenvalue weighted by molar-refractivity contribution is 7.75. The van der Waals surface area contributed by atoms with Crippen LogP contribution in [0, 0.1) is 0 Å². The average Bonchev–Trinajstić information content (AvgIpc) is 2.76. The minimum atomic E-state index is -1.50. The van der Waals surface area contributed by atoms with Crippen molar-refractivity contribution in [3.8, 4) is 0 Å². The average molecular weight is 218 g/mol. The van der Waals surface area contributed by atoms with Crippen molar-refractivity contribution in [1.82, 2.24) is 0 Å². The van der Waals surface area contributed by atoms with Gasteiger partial charge in [-0.25, -0.2) is 0 Å². The highest BCUT2D eigenvalue weighted by atomic mass is 32.2. The van der Waals surface area contributed by atoms with Gasteiger partial charge in [-0.05, 0) is 25.7 Å². The Morgan fingerprint density at radius 3 is 1.50 bits per heavy atom. The van der Waals surface area contributed by atoms with Gasteiger partial charge in [-0.3, -0.25) is 8.37 Å². The van der Waals surface area contributed by atoms with E-state index in [9.17, 15) is 4.21 Å². The highest BCUT2D eigenvalue weighted by Gasteiger charge is 2.23. The molecule has 82 valence electrons. The summed E-state index contributed by atoms with van der Waals surface area (Å²) in [6.45, 7) is 0. The van der Waals surface area contributed by atoms with Crippen molar-refractivity contribution in [2.75, 3.05) is 0 Å². The molecule has 2 rings (SSSR count). The maximum absolute atomic E-state index is 11.4. The van der Waals surface area contributed by atoms with Crippen molar-refractivity contribution < 1.29 is 12.6 Å². The summed E-state index contributed by atoms with van der Waals surface area (Å²) < 4.78 is 22.1. The predicted octanol–water partition coefficient (Wildman–Crippen LogP) is 2.48. The molecular weight excluding hydrogens is 200 g/mol. The first kappa shape index (κ1) is 10.6. The summed E-state index contributed by atoms with van der Waals surface area (Å²) in [6.07, 6.45) is 9.32. The van der Waals surface area contributed by atoms with Gasteiger partial charge in [0, 0.05) is 0 Å². The summed E-state index contributed by atoms with van der Waals surface area (Å²) >= 11 is -1.50. The summed E-state index contributed by atoms with van der Waals surface area (Å²) in [4.78, 5) is 0. The molecule has 2 aliphatic rings. The van der Waals surface area contributed by atoms with Crippen LogP contribution in [0.25, 0.3) is 0 Å². The molecule has 0 aromatic heterocycles. The van der Waals surface area contributed by atoms with Crippen molar-refractivity contribution in [3.63, 3.8) is 0 Å². The van der Waals surface area contributed by atoms with E-state index in [4.69, 9.17) is 8.37 Å². The third kappa shape index (κ3) is 3.04. The van der Waals surface area contributed by atoms with Crippen LogP contribution < -0.4 is 0 Å². The molecule has 2 saturated carbocycles. The summed E-state index contributed by atoms with van der Waals surface area (Å²) in [5.74, 6) is 0. The van der Waals surface area contributed by atoms with E-state index in [1.165, 1.54) is 25.7 Å². The zero-order valence-electron chi connectivity index (χ0n) is 8.44. The fourth-order valence-corrected chi connectivity index (χ4v) is 3.09. The van der Waals surface area contributed by atoms with Crippen molar-refractivity contribution in [1.29, 1.82) is 0 Å². The van der Waals surface area contributed by atoms with E-state index in [-0.39, 0.29) is 12.2 Å². The number of hydrogen-bond donors (Lipinski definition) is 0. The van der Waals surface area contributed by atoms with Gasteiger partial charge in [0.05, 0.1) is 12.2 Å². The molecule has 14 heavy (non-hydrogen) atoms. The third-order valence-corrected chi connectivity index (χ3v) is 3.89. The number of hydrogen-bond acceptors (Lipinski definition) is 3. The molecule has 0 atom stereocenters. The Morgan fingerprint density at radius 1 is 0.786 bits per heavy atom. The lowest BCUT2D eigenvalue weighted by Crippen LogP contribution is -2.16. The molecule has 0 unspecified atom stereocenters. The lowest BCUT2D eigenvalue weighted by Gasteiger charge is -2.12. The van der Waals surface area contributed by atoms with Gasteiger partial charge >= 0.3 is 11.4 Å².